The Morgan fingerprint density at radius 3 is 2.05 bits per heavy atom. The minimum Gasteiger partial charge on any atom is -0.394 e. The molecule has 0 radical (unpaired) electrons. The van der Waals surface area contributed by atoms with Crippen LogP contribution in [0.4, 0.5) is 26.3 Å². The monoisotopic (exact) mass is 292 g/mol. The van der Waals surface area contributed by atoms with E-state index in [0.29, 0.717) is 6.08 Å². The second-order valence-corrected chi connectivity index (χ2v) is 3.48. The maximum Gasteiger partial charge on any atom is 0.416 e. The lowest BCUT2D eigenvalue weighted by molar-refractivity contribution is -0.0971. The minimum absolute atomic E-state index is 0.0717. The molecule has 8 heteroatoms. The molecule has 0 atom stereocenters. The molecule has 0 unspecified atom stereocenters. The van der Waals surface area contributed by atoms with Crippen molar-refractivity contribution in [2.45, 2.75) is 25.7 Å². The summed E-state index contributed by atoms with van der Waals surface area (Å²) in [6.45, 7) is 0.0232. The molecule has 0 fully saturated rings. The van der Waals surface area contributed by atoms with Crippen LogP contribution in [0, 0.1) is 0 Å². The minimum atomic E-state index is -4.89. The van der Waals surface area contributed by atoms with Crippen LogP contribution in [0.2, 0.25) is 0 Å². The van der Waals surface area contributed by atoms with Gasteiger partial charge in [0.05, 0.1) is 25.4 Å². The van der Waals surface area contributed by atoms with Gasteiger partial charge in [0.1, 0.15) is 0 Å². The molecule has 1 N–H and O–H groups in total. The second-order valence-electron chi connectivity index (χ2n) is 3.48. The number of hydrogen-bond acceptors (Lipinski definition) is 2. The van der Waals surface area contributed by atoms with E-state index in [9.17, 15) is 26.3 Å². The van der Waals surface area contributed by atoms with Crippen LogP contribution in [0.5, 0.6) is 0 Å². The maximum absolute atomic E-state index is 12.5. The molecule has 0 aliphatic heterocycles. The van der Waals surface area contributed by atoms with E-state index in [1.54, 1.807) is 0 Å². The topological polar surface area (TPSA) is 29.5 Å². The van der Waals surface area contributed by atoms with Gasteiger partial charge in [-0.15, -0.1) is 0 Å². The zero-order chi connectivity index (χ0) is 15.1. The lowest BCUT2D eigenvalue weighted by Gasteiger charge is -2.13. The first-order chi connectivity index (χ1) is 8.62. The van der Waals surface area contributed by atoms with E-state index in [-0.39, 0.29) is 19.3 Å². The highest BCUT2D eigenvalue weighted by Gasteiger charge is 2.37. The first-order valence-corrected chi connectivity index (χ1v) is 5.36. The van der Waals surface area contributed by atoms with Gasteiger partial charge in [0.15, 0.2) is 0 Å². The average molecular weight is 292 g/mol. The van der Waals surface area contributed by atoms with Crippen molar-refractivity contribution < 1.29 is 36.2 Å². The summed E-state index contributed by atoms with van der Waals surface area (Å²) in [5.74, 6) is 0. The van der Waals surface area contributed by atoms with Crippen molar-refractivity contribution in [3.63, 3.8) is 0 Å². The Bertz CT molecular complexity index is 327. The van der Waals surface area contributed by atoms with Crippen LogP contribution in [0.1, 0.15) is 13.3 Å². The molecule has 0 amide bonds. The van der Waals surface area contributed by atoms with Gasteiger partial charge >= 0.3 is 12.4 Å². The van der Waals surface area contributed by atoms with Crippen molar-refractivity contribution in [3.05, 3.63) is 23.3 Å². The Kier molecular flexibility index (Phi) is 7.14. The second kappa shape index (κ2) is 7.54. The highest BCUT2D eigenvalue weighted by Crippen LogP contribution is 2.33. The normalized spacial score (nSPS) is 14.9. The molecule has 112 valence electrons. The van der Waals surface area contributed by atoms with Crippen molar-refractivity contribution in [2.75, 3.05) is 19.8 Å². The number of rotatable bonds is 6. The lowest BCUT2D eigenvalue weighted by atomic mass is 10.1. The Labute approximate surface area is 106 Å². The van der Waals surface area contributed by atoms with Crippen LogP contribution in [-0.4, -0.2) is 37.3 Å². The molecule has 0 aromatic rings. The predicted molar refractivity (Wildman–Crippen MR) is 56.5 cm³/mol. The number of alkyl halides is 6. The zero-order valence-corrected chi connectivity index (χ0v) is 10.1. The van der Waals surface area contributed by atoms with E-state index in [1.165, 1.54) is 0 Å². The van der Waals surface area contributed by atoms with Crippen LogP contribution in [-0.2, 0) is 4.74 Å². The van der Waals surface area contributed by atoms with Gasteiger partial charge in [0.25, 0.3) is 0 Å². The summed E-state index contributed by atoms with van der Waals surface area (Å²) in [7, 11) is 0. The van der Waals surface area contributed by atoms with Gasteiger partial charge in [0, 0.05) is 5.57 Å². The molecule has 0 saturated heterocycles. The average Bonchev–Trinajstić information content (AvgIpc) is 2.24. The maximum atomic E-state index is 12.5. The van der Waals surface area contributed by atoms with Crippen molar-refractivity contribution in [2.24, 2.45) is 0 Å². The third-order valence-electron chi connectivity index (χ3n) is 2.06. The van der Waals surface area contributed by atoms with Crippen molar-refractivity contribution in [1.29, 1.82) is 0 Å². The summed E-state index contributed by atoms with van der Waals surface area (Å²) in [5, 5.41) is 8.35. The molecular formula is C11H14F6O2. The van der Waals surface area contributed by atoms with Gasteiger partial charge in [0.2, 0.25) is 0 Å². The molecule has 2 nitrogen and oxygen atoms in total. The number of allylic oxidation sites excluding steroid dienone is 3. The van der Waals surface area contributed by atoms with E-state index in [2.05, 4.69) is 4.74 Å². The number of halogens is 6. The molecule has 0 aromatic carbocycles. The van der Waals surface area contributed by atoms with Gasteiger partial charge in [-0.25, -0.2) is 0 Å². The van der Waals surface area contributed by atoms with Crippen molar-refractivity contribution >= 4 is 0 Å². The van der Waals surface area contributed by atoms with E-state index < -0.39 is 36.5 Å². The number of hydrogen-bond donors (Lipinski definition) is 1. The largest absolute Gasteiger partial charge is 0.416 e. The highest BCUT2D eigenvalue weighted by atomic mass is 19.4. The predicted octanol–water partition coefficient (Wildman–Crippen LogP) is 3.38. The highest BCUT2D eigenvalue weighted by molar-refractivity contribution is 5.29. The number of aliphatic hydroxyl groups is 1. The SMILES string of the molecule is CC/C(=C\C(=C/COCCO)C(F)(F)F)C(F)(F)F. The summed E-state index contributed by atoms with van der Waals surface area (Å²) in [5.41, 5.74) is -2.68. The first kappa shape index (κ1) is 18.0. The Morgan fingerprint density at radius 2 is 1.68 bits per heavy atom. The molecule has 0 aromatic heterocycles. The summed E-state index contributed by atoms with van der Waals surface area (Å²) in [6.07, 6.45) is -9.67. The molecule has 0 aliphatic carbocycles. The number of ether oxygens (including phenoxy) is 1. The quantitative estimate of drug-likeness (QED) is 0.462. The van der Waals surface area contributed by atoms with Crippen LogP contribution in [0.3, 0.4) is 0 Å². The Hall–Kier alpha value is -1.02. The summed E-state index contributed by atoms with van der Waals surface area (Å²) in [4.78, 5) is 0. The summed E-state index contributed by atoms with van der Waals surface area (Å²) >= 11 is 0. The van der Waals surface area contributed by atoms with Crippen LogP contribution < -0.4 is 0 Å². The summed E-state index contributed by atoms with van der Waals surface area (Å²) in [6, 6.07) is 0. The zero-order valence-electron chi connectivity index (χ0n) is 10.1. The van der Waals surface area contributed by atoms with Crippen LogP contribution in [0.15, 0.2) is 23.3 Å². The van der Waals surface area contributed by atoms with Gasteiger partial charge in [-0.3, -0.25) is 0 Å². The fourth-order valence-corrected chi connectivity index (χ4v) is 1.13. The van der Waals surface area contributed by atoms with Gasteiger partial charge in [-0.05, 0) is 18.6 Å². The van der Waals surface area contributed by atoms with Crippen LogP contribution in [0.25, 0.3) is 0 Å². The fourth-order valence-electron chi connectivity index (χ4n) is 1.13. The molecule has 19 heavy (non-hydrogen) atoms. The molecule has 0 rings (SSSR count). The Balaban J connectivity index is 5.11. The molecule has 0 aliphatic rings. The lowest BCUT2D eigenvalue weighted by Crippen LogP contribution is -2.16. The molecule has 0 saturated carbocycles. The van der Waals surface area contributed by atoms with Crippen LogP contribution >= 0.6 is 0 Å². The van der Waals surface area contributed by atoms with E-state index >= 15 is 0 Å². The van der Waals surface area contributed by atoms with E-state index in [4.69, 9.17) is 5.11 Å². The van der Waals surface area contributed by atoms with Gasteiger partial charge in [-0.2, -0.15) is 26.3 Å². The Morgan fingerprint density at radius 1 is 1.11 bits per heavy atom. The standard InChI is InChI=1S/C11H14F6O2/c1-2-8(10(12,13)14)7-9(11(15,16)17)3-5-19-6-4-18/h3,7,18H,2,4-6H2,1H3/b8-7+,9-3+. The van der Waals surface area contributed by atoms with Crippen molar-refractivity contribution in [1.82, 2.24) is 0 Å². The van der Waals surface area contributed by atoms with Gasteiger partial charge < -0.3 is 9.84 Å². The fraction of sp³-hybridized carbons (Fsp3) is 0.636. The molecule has 0 spiro atoms. The third kappa shape index (κ3) is 7.22. The smallest absolute Gasteiger partial charge is 0.394 e. The number of aliphatic hydroxyl groups excluding tert-OH is 1. The molecular weight excluding hydrogens is 278 g/mol. The van der Waals surface area contributed by atoms with Crippen molar-refractivity contribution in [3.8, 4) is 0 Å². The van der Waals surface area contributed by atoms with E-state index in [1.807, 2.05) is 0 Å². The molecule has 0 bridgehead atoms. The molecule has 0 heterocycles. The van der Waals surface area contributed by atoms with E-state index in [0.717, 1.165) is 6.92 Å². The van der Waals surface area contributed by atoms with Gasteiger partial charge in [-0.1, -0.05) is 6.92 Å². The summed E-state index contributed by atoms with van der Waals surface area (Å²) < 4.78 is 79.3. The third-order valence-corrected chi connectivity index (χ3v) is 2.06. The first-order valence-electron chi connectivity index (χ1n) is 5.36.